The van der Waals surface area contributed by atoms with Gasteiger partial charge in [0.15, 0.2) is 0 Å². The molecule has 0 saturated carbocycles. The van der Waals surface area contributed by atoms with Crippen molar-refractivity contribution in [1.29, 1.82) is 0 Å². The Balaban J connectivity index is -0.000000960. The molecular formula is C24H54F3N. The highest BCUT2D eigenvalue weighted by Crippen LogP contribution is 2.11. The summed E-state index contributed by atoms with van der Waals surface area (Å²) in [6.07, 6.45) is 25.7. The van der Waals surface area contributed by atoms with Crippen LogP contribution in [0.2, 0.25) is 0 Å². The molecule has 0 N–H and O–H groups in total. The monoisotopic (exact) mass is 413 g/mol. The molecule has 0 aliphatic carbocycles. The van der Waals surface area contributed by atoms with Crippen LogP contribution in [0.3, 0.4) is 0 Å². The molecule has 176 valence electrons. The number of halogens is 3. The maximum atomic E-state index is 2.79. The highest BCUT2D eigenvalue weighted by molar-refractivity contribution is 4.60. The third-order valence-electron chi connectivity index (χ3n) is 5.48. The number of rotatable bonds is 21. The minimum atomic E-state index is 0. The molecule has 0 spiro atoms. The van der Waals surface area contributed by atoms with Crippen molar-refractivity contribution in [1.82, 2.24) is 4.90 Å². The maximum absolute atomic E-state index is 2.79. The van der Waals surface area contributed by atoms with Crippen molar-refractivity contribution in [3.63, 3.8) is 0 Å². The Bertz CT molecular complexity index is 202. The Morgan fingerprint density at radius 1 is 0.321 bits per heavy atom. The molecular weight excluding hydrogens is 359 g/mol. The van der Waals surface area contributed by atoms with E-state index in [0.29, 0.717) is 0 Å². The second-order valence-corrected chi connectivity index (χ2v) is 8.14. The lowest BCUT2D eigenvalue weighted by molar-refractivity contribution is 0.254. The van der Waals surface area contributed by atoms with Crippen LogP contribution in [0.1, 0.15) is 136 Å². The molecule has 0 unspecified atom stereocenters. The molecule has 0 heterocycles. The lowest BCUT2D eigenvalue weighted by Crippen LogP contribution is -2.27. The van der Waals surface area contributed by atoms with Crippen LogP contribution >= 0.6 is 0 Å². The highest BCUT2D eigenvalue weighted by Gasteiger charge is 2.05. The van der Waals surface area contributed by atoms with Gasteiger partial charge in [-0.25, -0.2) is 0 Å². The van der Waals surface area contributed by atoms with Gasteiger partial charge in [0.25, 0.3) is 0 Å². The van der Waals surface area contributed by atoms with Gasteiger partial charge in [0.05, 0.1) is 0 Å². The summed E-state index contributed by atoms with van der Waals surface area (Å²) in [5.41, 5.74) is 0. The first kappa shape index (κ1) is 35.2. The molecule has 0 aliphatic heterocycles. The predicted octanol–water partition coefficient (Wildman–Crippen LogP) is 8.83. The van der Waals surface area contributed by atoms with Crippen LogP contribution < -0.4 is 0 Å². The smallest absolute Gasteiger partial charge is 0.00187 e. The number of hydrogen-bond acceptors (Lipinski definition) is 1. The minimum Gasteiger partial charge on any atom is -0.303 e. The van der Waals surface area contributed by atoms with Crippen LogP contribution in [0.15, 0.2) is 0 Å². The average Bonchev–Trinajstić information content (AvgIpc) is 2.63. The van der Waals surface area contributed by atoms with Gasteiger partial charge < -0.3 is 4.90 Å². The first-order chi connectivity index (χ1) is 12.3. The van der Waals surface area contributed by atoms with Crippen LogP contribution in [-0.2, 0) is 0 Å². The Morgan fingerprint density at radius 2 is 0.536 bits per heavy atom. The number of hydrogen-bond donors (Lipinski definition) is 0. The van der Waals surface area contributed by atoms with Crippen LogP contribution in [0, 0.1) is 0 Å². The van der Waals surface area contributed by atoms with Gasteiger partial charge in [0, 0.05) is 0 Å². The van der Waals surface area contributed by atoms with Crippen LogP contribution in [0.5, 0.6) is 0 Å². The van der Waals surface area contributed by atoms with Crippen LogP contribution in [-0.4, -0.2) is 24.5 Å². The third-order valence-corrected chi connectivity index (χ3v) is 5.48. The summed E-state index contributed by atoms with van der Waals surface area (Å²) in [6, 6.07) is 0. The number of nitrogens with zero attached hydrogens (tertiary/aromatic N) is 1. The van der Waals surface area contributed by atoms with Crippen molar-refractivity contribution in [2.75, 3.05) is 19.6 Å². The minimum absolute atomic E-state index is 0. The topological polar surface area (TPSA) is 3.24 Å². The molecule has 0 aromatic heterocycles. The zero-order valence-electron chi connectivity index (χ0n) is 19.5. The molecule has 28 heavy (non-hydrogen) atoms. The van der Waals surface area contributed by atoms with E-state index < -0.39 is 0 Å². The van der Waals surface area contributed by atoms with Crippen molar-refractivity contribution in [2.24, 2.45) is 0 Å². The predicted molar refractivity (Wildman–Crippen MR) is 124 cm³/mol. The molecule has 0 aromatic carbocycles. The third kappa shape index (κ3) is 28.0. The fraction of sp³-hybridized carbons (Fsp3) is 1.00. The van der Waals surface area contributed by atoms with E-state index in [0.717, 1.165) is 0 Å². The lowest BCUT2D eigenvalue weighted by Gasteiger charge is -2.22. The second kappa shape index (κ2) is 31.4. The molecule has 0 fully saturated rings. The Labute approximate surface area is 175 Å². The molecule has 0 rings (SSSR count). The number of unbranched alkanes of at least 4 members (excludes halogenated alkanes) is 15. The summed E-state index contributed by atoms with van der Waals surface area (Å²) in [7, 11) is 0. The average molecular weight is 414 g/mol. The molecule has 0 aromatic rings. The zero-order valence-corrected chi connectivity index (χ0v) is 19.5. The molecule has 0 saturated heterocycles. The van der Waals surface area contributed by atoms with E-state index in [9.17, 15) is 0 Å². The summed E-state index contributed by atoms with van der Waals surface area (Å²) in [4.78, 5) is 2.79. The van der Waals surface area contributed by atoms with Crippen LogP contribution in [0.4, 0.5) is 14.1 Å². The standard InChI is InChI=1S/C24H51N.3FH/c1-4-7-10-13-16-19-22-25(23-20-17-14-11-8-5-2)24-21-18-15-12-9-6-3;;;/h4-24H2,1-3H3;3*1H. The van der Waals surface area contributed by atoms with Gasteiger partial charge in [0.2, 0.25) is 0 Å². The first-order valence-corrected chi connectivity index (χ1v) is 12.1. The molecule has 0 bridgehead atoms. The van der Waals surface area contributed by atoms with E-state index in [1.165, 1.54) is 135 Å². The van der Waals surface area contributed by atoms with E-state index in [4.69, 9.17) is 0 Å². The van der Waals surface area contributed by atoms with Gasteiger partial charge in [-0.2, -0.15) is 0 Å². The Hall–Kier alpha value is -0.250. The van der Waals surface area contributed by atoms with E-state index in [1.807, 2.05) is 0 Å². The molecule has 0 amide bonds. The van der Waals surface area contributed by atoms with Gasteiger partial charge >= 0.3 is 0 Å². The van der Waals surface area contributed by atoms with Gasteiger partial charge in [-0.05, 0) is 38.9 Å². The van der Waals surface area contributed by atoms with E-state index in [1.54, 1.807) is 0 Å². The largest absolute Gasteiger partial charge is 0.303 e. The van der Waals surface area contributed by atoms with Gasteiger partial charge in [-0.15, -0.1) is 0 Å². The fourth-order valence-corrected chi connectivity index (χ4v) is 3.68. The summed E-state index contributed by atoms with van der Waals surface area (Å²) in [6.45, 7) is 11.0. The van der Waals surface area contributed by atoms with Crippen molar-refractivity contribution < 1.29 is 14.1 Å². The molecule has 0 aliphatic rings. The second-order valence-electron chi connectivity index (χ2n) is 8.14. The summed E-state index contributed by atoms with van der Waals surface area (Å²) in [5, 5.41) is 0. The zero-order chi connectivity index (χ0) is 18.4. The quantitative estimate of drug-likeness (QED) is 0.170. The van der Waals surface area contributed by atoms with Crippen molar-refractivity contribution in [2.45, 2.75) is 136 Å². The molecule has 4 heteroatoms. The van der Waals surface area contributed by atoms with Crippen LogP contribution in [0.25, 0.3) is 0 Å². The van der Waals surface area contributed by atoms with Crippen molar-refractivity contribution in [3.05, 3.63) is 0 Å². The van der Waals surface area contributed by atoms with Gasteiger partial charge in [0.1, 0.15) is 0 Å². The lowest BCUT2D eigenvalue weighted by atomic mass is 10.1. The molecule has 0 radical (unpaired) electrons. The molecule has 1 nitrogen and oxygen atoms in total. The SMILES string of the molecule is CCCCCCCCN(CCCCCCCC)CCCCCCCC.F.F.F. The highest BCUT2D eigenvalue weighted by atomic mass is 19.0. The maximum Gasteiger partial charge on any atom is -0.00187 e. The first-order valence-electron chi connectivity index (χ1n) is 12.1. The summed E-state index contributed by atoms with van der Waals surface area (Å²) in [5.74, 6) is 0. The summed E-state index contributed by atoms with van der Waals surface area (Å²) < 4.78 is 0. The summed E-state index contributed by atoms with van der Waals surface area (Å²) >= 11 is 0. The van der Waals surface area contributed by atoms with E-state index in [2.05, 4.69) is 25.7 Å². The fourth-order valence-electron chi connectivity index (χ4n) is 3.68. The van der Waals surface area contributed by atoms with Gasteiger partial charge in [-0.3, -0.25) is 14.1 Å². The van der Waals surface area contributed by atoms with E-state index in [-0.39, 0.29) is 14.1 Å². The van der Waals surface area contributed by atoms with Gasteiger partial charge in [-0.1, -0.05) is 117 Å². The van der Waals surface area contributed by atoms with Crippen molar-refractivity contribution in [3.8, 4) is 0 Å². The van der Waals surface area contributed by atoms with Crippen molar-refractivity contribution >= 4 is 0 Å². The molecule has 0 atom stereocenters. The Morgan fingerprint density at radius 3 is 0.786 bits per heavy atom. The van der Waals surface area contributed by atoms with E-state index >= 15 is 0 Å². The normalized spacial score (nSPS) is 10.3. The Kier molecular flexibility index (Phi) is 39.5.